The van der Waals surface area contributed by atoms with Gasteiger partial charge in [-0.15, -0.1) is 0 Å². The minimum atomic E-state index is -0.361. The molecule has 1 heterocycles. The number of nitro benzene ring substituents is 1. The van der Waals surface area contributed by atoms with E-state index in [1.54, 1.807) is 18.3 Å². The van der Waals surface area contributed by atoms with Gasteiger partial charge in [-0.25, -0.2) is 0 Å². The number of pyridine rings is 1. The molecule has 0 amide bonds. The molecule has 0 spiro atoms. The van der Waals surface area contributed by atoms with Gasteiger partial charge < -0.3 is 5.32 Å². The molecule has 0 saturated heterocycles. The molecule has 0 aliphatic heterocycles. The Hall–Kier alpha value is -2.95. The number of hydrogen-bond donors (Lipinski definition) is 1. The summed E-state index contributed by atoms with van der Waals surface area (Å²) in [6, 6.07) is 9.18. The third kappa shape index (κ3) is 2.73. The minimum absolute atomic E-state index is 0.0772. The molecule has 0 aliphatic carbocycles. The zero-order valence-electron chi connectivity index (χ0n) is 13.3. The van der Waals surface area contributed by atoms with Crippen molar-refractivity contribution in [1.29, 1.82) is 0 Å². The molecule has 0 atom stereocenters. The molecule has 0 unspecified atom stereocenters. The van der Waals surface area contributed by atoms with E-state index in [4.69, 9.17) is 0 Å². The van der Waals surface area contributed by atoms with Gasteiger partial charge in [-0.2, -0.15) is 0 Å². The van der Waals surface area contributed by atoms with Gasteiger partial charge in [0.05, 0.1) is 4.92 Å². The Balaban J connectivity index is 2.13. The fourth-order valence-corrected chi connectivity index (χ4v) is 2.76. The second-order valence-electron chi connectivity index (χ2n) is 5.69. The van der Waals surface area contributed by atoms with Crippen LogP contribution in [0.25, 0.3) is 10.8 Å². The number of benzene rings is 2. The van der Waals surface area contributed by atoms with Crippen molar-refractivity contribution in [2.45, 2.75) is 20.8 Å². The van der Waals surface area contributed by atoms with E-state index in [-0.39, 0.29) is 10.6 Å². The number of nitro groups is 1. The van der Waals surface area contributed by atoms with Crippen LogP contribution >= 0.6 is 0 Å². The molecule has 0 aliphatic rings. The summed E-state index contributed by atoms with van der Waals surface area (Å²) in [5.41, 5.74) is 4.41. The van der Waals surface area contributed by atoms with E-state index in [1.165, 1.54) is 0 Å². The van der Waals surface area contributed by atoms with E-state index in [0.29, 0.717) is 5.69 Å². The van der Waals surface area contributed by atoms with Crippen LogP contribution in [0.2, 0.25) is 0 Å². The molecular formula is C18H17N3O2. The molecule has 3 rings (SSSR count). The predicted molar refractivity (Wildman–Crippen MR) is 92.3 cm³/mol. The highest BCUT2D eigenvalue weighted by Gasteiger charge is 2.15. The van der Waals surface area contributed by atoms with Gasteiger partial charge in [0.1, 0.15) is 5.69 Å². The molecule has 0 fully saturated rings. The van der Waals surface area contributed by atoms with Crippen molar-refractivity contribution in [3.63, 3.8) is 0 Å². The summed E-state index contributed by atoms with van der Waals surface area (Å²) in [5, 5.41) is 16.7. The highest BCUT2D eigenvalue weighted by molar-refractivity contribution is 5.93. The Bertz CT molecular complexity index is 920. The zero-order chi connectivity index (χ0) is 16.6. The van der Waals surface area contributed by atoms with Gasteiger partial charge in [-0.3, -0.25) is 15.1 Å². The molecule has 23 heavy (non-hydrogen) atoms. The van der Waals surface area contributed by atoms with E-state index in [9.17, 15) is 10.1 Å². The normalized spacial score (nSPS) is 10.7. The standard InChI is InChI=1S/C18H17N3O2/c1-11-4-5-16(18(8-11)21(22)23)20-17-9-12(2)14-6-7-19-10-15(14)13(17)3/h4-10,20H,1-3H3. The number of hydrogen-bond acceptors (Lipinski definition) is 4. The first-order chi connectivity index (χ1) is 11.0. The predicted octanol–water partition coefficient (Wildman–Crippen LogP) is 4.81. The summed E-state index contributed by atoms with van der Waals surface area (Å²) in [5.74, 6) is 0. The Kier molecular flexibility index (Phi) is 3.70. The van der Waals surface area contributed by atoms with Gasteiger partial charge >= 0.3 is 0 Å². The first kappa shape index (κ1) is 15.0. The first-order valence-electron chi connectivity index (χ1n) is 7.33. The number of nitrogens with one attached hydrogen (secondary N) is 1. The maximum atomic E-state index is 11.3. The van der Waals surface area contributed by atoms with Gasteiger partial charge in [0.15, 0.2) is 0 Å². The third-order valence-electron chi connectivity index (χ3n) is 4.03. The molecule has 0 saturated carbocycles. The molecule has 1 aromatic heterocycles. The highest BCUT2D eigenvalue weighted by Crippen LogP contribution is 2.33. The van der Waals surface area contributed by atoms with E-state index in [2.05, 4.69) is 10.3 Å². The molecule has 116 valence electrons. The fourth-order valence-electron chi connectivity index (χ4n) is 2.76. The molecule has 3 aromatic rings. The van der Waals surface area contributed by atoms with Gasteiger partial charge in [0, 0.05) is 29.5 Å². The summed E-state index contributed by atoms with van der Waals surface area (Å²) >= 11 is 0. The maximum absolute atomic E-state index is 11.3. The molecule has 0 radical (unpaired) electrons. The topological polar surface area (TPSA) is 68.1 Å². The van der Waals surface area contributed by atoms with Crippen molar-refractivity contribution in [3.05, 3.63) is 69.5 Å². The lowest BCUT2D eigenvalue weighted by molar-refractivity contribution is -0.384. The number of rotatable bonds is 3. The average Bonchev–Trinajstić information content (AvgIpc) is 2.53. The van der Waals surface area contributed by atoms with Crippen LogP contribution < -0.4 is 5.32 Å². The lowest BCUT2D eigenvalue weighted by Crippen LogP contribution is -2.00. The second-order valence-corrected chi connectivity index (χ2v) is 5.69. The van der Waals surface area contributed by atoms with E-state index in [0.717, 1.165) is 33.2 Å². The van der Waals surface area contributed by atoms with Crippen LogP contribution in [-0.4, -0.2) is 9.91 Å². The lowest BCUT2D eigenvalue weighted by atomic mass is 10.0. The zero-order valence-corrected chi connectivity index (χ0v) is 13.3. The Morgan fingerprint density at radius 1 is 1.04 bits per heavy atom. The smallest absolute Gasteiger partial charge is 0.292 e. The molecule has 2 aromatic carbocycles. The molecule has 5 heteroatoms. The van der Waals surface area contributed by atoms with Crippen molar-refractivity contribution < 1.29 is 4.92 Å². The monoisotopic (exact) mass is 307 g/mol. The number of anilines is 2. The quantitative estimate of drug-likeness (QED) is 0.557. The van der Waals surface area contributed by atoms with E-state index < -0.39 is 0 Å². The number of nitrogens with zero attached hydrogens (tertiary/aromatic N) is 2. The molecule has 0 bridgehead atoms. The maximum Gasteiger partial charge on any atom is 0.292 e. The van der Waals surface area contributed by atoms with Crippen LogP contribution in [-0.2, 0) is 0 Å². The Morgan fingerprint density at radius 2 is 1.83 bits per heavy atom. The summed E-state index contributed by atoms with van der Waals surface area (Å²) in [6.07, 6.45) is 3.60. The number of aromatic nitrogens is 1. The number of fused-ring (bicyclic) bond motifs is 1. The van der Waals surface area contributed by atoms with Crippen molar-refractivity contribution in [3.8, 4) is 0 Å². The third-order valence-corrected chi connectivity index (χ3v) is 4.03. The van der Waals surface area contributed by atoms with Gasteiger partial charge in [-0.05, 0) is 61.0 Å². The molecular weight excluding hydrogens is 290 g/mol. The van der Waals surface area contributed by atoms with Crippen molar-refractivity contribution in [1.82, 2.24) is 4.98 Å². The average molecular weight is 307 g/mol. The van der Waals surface area contributed by atoms with Crippen molar-refractivity contribution >= 4 is 27.8 Å². The van der Waals surface area contributed by atoms with Gasteiger partial charge in [-0.1, -0.05) is 6.07 Å². The summed E-state index contributed by atoms with van der Waals surface area (Å²) in [4.78, 5) is 15.1. The van der Waals surface area contributed by atoms with Crippen LogP contribution in [0, 0.1) is 30.9 Å². The summed E-state index contributed by atoms with van der Waals surface area (Å²) in [7, 11) is 0. The SMILES string of the molecule is Cc1ccc(Nc2cc(C)c3ccncc3c2C)c([N+](=O)[O-])c1. The first-order valence-corrected chi connectivity index (χ1v) is 7.33. The van der Waals surface area contributed by atoms with Gasteiger partial charge in [0.25, 0.3) is 5.69 Å². The van der Waals surface area contributed by atoms with E-state index in [1.807, 2.05) is 45.2 Å². The van der Waals surface area contributed by atoms with Crippen molar-refractivity contribution in [2.24, 2.45) is 0 Å². The Labute approximate surface area is 134 Å². The lowest BCUT2D eigenvalue weighted by Gasteiger charge is -2.14. The van der Waals surface area contributed by atoms with Crippen molar-refractivity contribution in [2.75, 3.05) is 5.32 Å². The second kappa shape index (κ2) is 5.68. The minimum Gasteiger partial charge on any atom is -0.350 e. The van der Waals surface area contributed by atoms with Crippen LogP contribution in [0.1, 0.15) is 16.7 Å². The van der Waals surface area contributed by atoms with Gasteiger partial charge in [0.2, 0.25) is 0 Å². The summed E-state index contributed by atoms with van der Waals surface area (Å²) < 4.78 is 0. The van der Waals surface area contributed by atoms with Crippen LogP contribution in [0.5, 0.6) is 0 Å². The summed E-state index contributed by atoms with van der Waals surface area (Å²) in [6.45, 7) is 5.86. The Morgan fingerprint density at radius 3 is 2.57 bits per heavy atom. The number of aryl methyl sites for hydroxylation is 3. The highest BCUT2D eigenvalue weighted by atomic mass is 16.6. The van der Waals surface area contributed by atoms with Crippen LogP contribution in [0.3, 0.4) is 0 Å². The van der Waals surface area contributed by atoms with Crippen LogP contribution in [0.15, 0.2) is 42.7 Å². The molecule has 5 nitrogen and oxygen atoms in total. The molecule has 1 N–H and O–H groups in total. The largest absolute Gasteiger partial charge is 0.350 e. The van der Waals surface area contributed by atoms with E-state index >= 15 is 0 Å². The fraction of sp³-hybridized carbons (Fsp3) is 0.167. The van der Waals surface area contributed by atoms with Crippen LogP contribution in [0.4, 0.5) is 17.1 Å².